The number of aliphatic carboxylic acids is 1. The first-order chi connectivity index (χ1) is 8.54. The number of methoxy groups -OCH3 is 2. The third-order valence-electron chi connectivity index (χ3n) is 2.74. The molecular formula is C13H17ClO4. The van der Waals surface area contributed by atoms with Crippen molar-refractivity contribution in [1.29, 1.82) is 0 Å². The lowest BCUT2D eigenvalue weighted by Crippen LogP contribution is -2.03. The average molecular weight is 273 g/mol. The van der Waals surface area contributed by atoms with Gasteiger partial charge in [-0.15, -0.1) is 0 Å². The summed E-state index contributed by atoms with van der Waals surface area (Å²) >= 11 is 6.28. The van der Waals surface area contributed by atoms with Crippen LogP contribution in [0, 0.1) is 0 Å². The minimum Gasteiger partial charge on any atom is -0.493 e. The van der Waals surface area contributed by atoms with Crippen molar-refractivity contribution < 1.29 is 19.4 Å². The number of ether oxygens (including phenoxy) is 2. The van der Waals surface area contributed by atoms with Crippen LogP contribution in [-0.4, -0.2) is 25.3 Å². The summed E-state index contributed by atoms with van der Waals surface area (Å²) < 4.78 is 10.5. The molecule has 0 heterocycles. The van der Waals surface area contributed by atoms with Crippen LogP contribution in [0.3, 0.4) is 0 Å². The molecule has 1 rings (SSSR count). The monoisotopic (exact) mass is 272 g/mol. The summed E-state index contributed by atoms with van der Waals surface area (Å²) in [6.07, 6.45) is 1.08. The number of rotatable bonds is 6. The van der Waals surface area contributed by atoms with Crippen LogP contribution in [0.4, 0.5) is 0 Å². The van der Waals surface area contributed by atoms with Crippen molar-refractivity contribution in [2.75, 3.05) is 14.2 Å². The predicted molar refractivity (Wildman–Crippen MR) is 69.9 cm³/mol. The summed E-state index contributed by atoms with van der Waals surface area (Å²) in [5, 5.41) is 9.33. The maximum Gasteiger partial charge on any atom is 0.303 e. The van der Waals surface area contributed by atoms with E-state index in [0.29, 0.717) is 28.5 Å². The molecule has 0 saturated heterocycles. The Kier molecular flexibility index (Phi) is 5.28. The number of hydrogen-bond acceptors (Lipinski definition) is 3. The third-order valence-corrected chi connectivity index (χ3v) is 3.21. The van der Waals surface area contributed by atoms with Gasteiger partial charge in [0, 0.05) is 12.0 Å². The van der Waals surface area contributed by atoms with Crippen molar-refractivity contribution in [3.05, 3.63) is 22.2 Å². The van der Waals surface area contributed by atoms with E-state index in [1.54, 1.807) is 7.11 Å². The number of carboxylic acid groups (broad SMARTS) is 1. The van der Waals surface area contributed by atoms with Crippen molar-refractivity contribution in [2.45, 2.75) is 26.2 Å². The fourth-order valence-corrected chi connectivity index (χ4v) is 2.19. The Morgan fingerprint density at radius 1 is 1.39 bits per heavy atom. The Bertz CT molecular complexity index is 443. The van der Waals surface area contributed by atoms with Gasteiger partial charge >= 0.3 is 5.97 Å². The van der Waals surface area contributed by atoms with Crippen LogP contribution in [0.5, 0.6) is 11.5 Å². The molecule has 5 heteroatoms. The van der Waals surface area contributed by atoms with Gasteiger partial charge in [-0.25, -0.2) is 0 Å². The highest BCUT2D eigenvalue weighted by Crippen LogP contribution is 2.39. The molecule has 0 aliphatic carbocycles. The van der Waals surface area contributed by atoms with Gasteiger partial charge in [0.15, 0.2) is 11.5 Å². The summed E-state index contributed by atoms with van der Waals surface area (Å²) in [4.78, 5) is 10.7. The van der Waals surface area contributed by atoms with Crippen LogP contribution < -0.4 is 9.47 Å². The molecule has 0 atom stereocenters. The molecular weight excluding hydrogens is 256 g/mol. The standard InChI is InChI=1S/C13H17ClO4/c1-4-8-7-10(17-2)13(18-3)9(12(8)14)5-6-11(15)16/h7H,4-6H2,1-3H3,(H,15,16). The van der Waals surface area contributed by atoms with Crippen molar-refractivity contribution in [3.63, 3.8) is 0 Å². The third kappa shape index (κ3) is 3.07. The first kappa shape index (κ1) is 14.6. The molecule has 0 fully saturated rings. The van der Waals surface area contributed by atoms with Gasteiger partial charge in [0.1, 0.15) is 0 Å². The van der Waals surface area contributed by atoms with E-state index in [1.807, 2.05) is 13.0 Å². The van der Waals surface area contributed by atoms with E-state index in [0.717, 1.165) is 12.0 Å². The molecule has 0 amide bonds. The Hall–Kier alpha value is -1.42. The summed E-state index contributed by atoms with van der Waals surface area (Å²) in [6, 6.07) is 1.82. The van der Waals surface area contributed by atoms with E-state index < -0.39 is 5.97 Å². The largest absolute Gasteiger partial charge is 0.493 e. The second-order valence-electron chi connectivity index (χ2n) is 3.81. The molecule has 1 N–H and O–H groups in total. The fourth-order valence-electron chi connectivity index (χ4n) is 1.82. The van der Waals surface area contributed by atoms with Gasteiger partial charge in [-0.2, -0.15) is 0 Å². The zero-order valence-corrected chi connectivity index (χ0v) is 11.5. The van der Waals surface area contributed by atoms with Crippen LogP contribution >= 0.6 is 11.6 Å². The van der Waals surface area contributed by atoms with Gasteiger partial charge in [0.2, 0.25) is 0 Å². The number of halogens is 1. The van der Waals surface area contributed by atoms with Crippen LogP contribution in [0.15, 0.2) is 6.07 Å². The highest BCUT2D eigenvalue weighted by atomic mass is 35.5. The number of carboxylic acids is 1. The fraction of sp³-hybridized carbons (Fsp3) is 0.462. The molecule has 0 unspecified atom stereocenters. The Morgan fingerprint density at radius 3 is 2.50 bits per heavy atom. The predicted octanol–water partition coefficient (Wildman–Crippen LogP) is 2.94. The lowest BCUT2D eigenvalue weighted by atomic mass is 10.0. The molecule has 0 saturated carbocycles. The van der Waals surface area contributed by atoms with Crippen molar-refractivity contribution >= 4 is 17.6 Å². The second kappa shape index (κ2) is 6.50. The van der Waals surface area contributed by atoms with Gasteiger partial charge in [-0.1, -0.05) is 18.5 Å². The molecule has 18 heavy (non-hydrogen) atoms. The molecule has 0 bridgehead atoms. The SMILES string of the molecule is CCc1cc(OC)c(OC)c(CCC(=O)O)c1Cl. The van der Waals surface area contributed by atoms with E-state index in [-0.39, 0.29) is 6.42 Å². The average Bonchev–Trinajstić information content (AvgIpc) is 2.36. The Morgan fingerprint density at radius 2 is 2.06 bits per heavy atom. The maximum atomic E-state index is 10.7. The molecule has 0 radical (unpaired) electrons. The van der Waals surface area contributed by atoms with Crippen molar-refractivity contribution in [2.24, 2.45) is 0 Å². The van der Waals surface area contributed by atoms with E-state index in [1.165, 1.54) is 7.11 Å². The molecule has 0 spiro atoms. The first-order valence-corrected chi connectivity index (χ1v) is 6.06. The molecule has 4 nitrogen and oxygen atoms in total. The molecule has 0 aromatic heterocycles. The van der Waals surface area contributed by atoms with Crippen LogP contribution in [-0.2, 0) is 17.6 Å². The minimum atomic E-state index is -0.867. The first-order valence-electron chi connectivity index (χ1n) is 5.69. The molecule has 0 aliphatic rings. The Labute approximate surface area is 111 Å². The van der Waals surface area contributed by atoms with Gasteiger partial charge in [0.25, 0.3) is 0 Å². The van der Waals surface area contributed by atoms with Gasteiger partial charge in [0.05, 0.1) is 19.2 Å². The number of carbonyl (C=O) groups is 1. The van der Waals surface area contributed by atoms with E-state index in [4.69, 9.17) is 26.2 Å². The van der Waals surface area contributed by atoms with Crippen LogP contribution in [0.1, 0.15) is 24.5 Å². The second-order valence-corrected chi connectivity index (χ2v) is 4.19. The maximum absolute atomic E-state index is 10.7. The van der Waals surface area contributed by atoms with Crippen molar-refractivity contribution in [3.8, 4) is 11.5 Å². The number of aryl methyl sites for hydroxylation is 1. The van der Waals surface area contributed by atoms with Gasteiger partial charge < -0.3 is 14.6 Å². The zero-order valence-electron chi connectivity index (χ0n) is 10.7. The van der Waals surface area contributed by atoms with E-state index in [2.05, 4.69) is 0 Å². The van der Waals surface area contributed by atoms with Crippen LogP contribution in [0.2, 0.25) is 5.02 Å². The number of hydrogen-bond donors (Lipinski definition) is 1. The highest BCUT2D eigenvalue weighted by molar-refractivity contribution is 6.32. The normalized spacial score (nSPS) is 10.2. The minimum absolute atomic E-state index is 0.00635. The molecule has 100 valence electrons. The summed E-state index contributed by atoms with van der Waals surface area (Å²) in [5.74, 6) is 0.231. The Balaban J connectivity index is 3.28. The number of benzene rings is 1. The topological polar surface area (TPSA) is 55.8 Å². The smallest absolute Gasteiger partial charge is 0.303 e. The molecule has 0 aliphatic heterocycles. The van der Waals surface area contributed by atoms with Crippen LogP contribution in [0.25, 0.3) is 0 Å². The van der Waals surface area contributed by atoms with E-state index >= 15 is 0 Å². The zero-order chi connectivity index (χ0) is 13.7. The van der Waals surface area contributed by atoms with E-state index in [9.17, 15) is 4.79 Å². The van der Waals surface area contributed by atoms with Gasteiger partial charge in [-0.05, 0) is 24.5 Å². The lowest BCUT2D eigenvalue weighted by Gasteiger charge is -2.16. The lowest BCUT2D eigenvalue weighted by molar-refractivity contribution is -0.136. The summed E-state index contributed by atoms with van der Waals surface area (Å²) in [5.41, 5.74) is 1.62. The van der Waals surface area contributed by atoms with Crippen molar-refractivity contribution in [1.82, 2.24) is 0 Å². The highest BCUT2D eigenvalue weighted by Gasteiger charge is 2.18. The summed E-state index contributed by atoms with van der Waals surface area (Å²) in [7, 11) is 3.07. The summed E-state index contributed by atoms with van der Waals surface area (Å²) in [6.45, 7) is 1.98. The quantitative estimate of drug-likeness (QED) is 0.865. The van der Waals surface area contributed by atoms with Gasteiger partial charge in [-0.3, -0.25) is 4.79 Å². The molecule has 1 aromatic carbocycles. The molecule has 1 aromatic rings.